The molecule has 1 heterocycles. The van der Waals surface area contributed by atoms with Crippen molar-refractivity contribution in [2.75, 3.05) is 6.61 Å². The zero-order valence-electron chi connectivity index (χ0n) is 12.5. The van der Waals surface area contributed by atoms with E-state index < -0.39 is 0 Å². The second-order valence-electron chi connectivity index (χ2n) is 4.91. The van der Waals surface area contributed by atoms with Crippen molar-refractivity contribution < 1.29 is 4.74 Å². The van der Waals surface area contributed by atoms with Crippen molar-refractivity contribution in [3.8, 4) is 11.8 Å². The monoisotopic (exact) mass is 301 g/mol. The predicted molar refractivity (Wildman–Crippen MR) is 91.7 cm³/mol. The fourth-order valence-corrected chi connectivity index (χ4v) is 2.27. The highest BCUT2D eigenvalue weighted by molar-refractivity contribution is 5.91. The van der Waals surface area contributed by atoms with Crippen molar-refractivity contribution in [2.45, 2.75) is 0 Å². The van der Waals surface area contributed by atoms with Crippen LogP contribution in [0.4, 0.5) is 0 Å². The number of aromatic amines is 1. The first-order valence-electron chi connectivity index (χ1n) is 7.21. The number of nitrogens with zero attached hydrogens (tertiary/aromatic N) is 2. The van der Waals surface area contributed by atoms with Crippen LogP contribution in [-0.2, 0) is 0 Å². The van der Waals surface area contributed by atoms with Gasteiger partial charge < -0.3 is 9.72 Å². The van der Waals surface area contributed by atoms with Gasteiger partial charge in [0.2, 0.25) is 0 Å². The summed E-state index contributed by atoms with van der Waals surface area (Å²) in [6, 6.07) is 17.5. The van der Waals surface area contributed by atoms with E-state index in [4.69, 9.17) is 4.74 Å². The summed E-state index contributed by atoms with van der Waals surface area (Å²) >= 11 is 0. The molecule has 0 aliphatic heterocycles. The first-order valence-corrected chi connectivity index (χ1v) is 7.21. The Morgan fingerprint density at radius 1 is 1.22 bits per heavy atom. The second kappa shape index (κ2) is 6.63. The van der Waals surface area contributed by atoms with Crippen molar-refractivity contribution in [3.05, 3.63) is 72.6 Å². The van der Waals surface area contributed by atoms with Crippen molar-refractivity contribution in [1.82, 2.24) is 9.97 Å². The van der Waals surface area contributed by atoms with E-state index >= 15 is 0 Å². The van der Waals surface area contributed by atoms with Crippen LogP contribution in [0, 0.1) is 11.3 Å². The SMILES string of the molecule is C=CCOc1ccccc1/C=C(\C#N)c1nc2ccccc2[nH]1. The number of rotatable bonds is 5. The number of imidazole rings is 1. The number of H-pyrrole nitrogens is 1. The van der Waals surface area contributed by atoms with Gasteiger partial charge in [0.15, 0.2) is 0 Å². The fourth-order valence-electron chi connectivity index (χ4n) is 2.27. The van der Waals surface area contributed by atoms with Gasteiger partial charge in [-0.25, -0.2) is 4.98 Å². The summed E-state index contributed by atoms with van der Waals surface area (Å²) in [5, 5.41) is 9.50. The Labute approximate surface area is 134 Å². The first kappa shape index (κ1) is 14.6. The average molecular weight is 301 g/mol. The summed E-state index contributed by atoms with van der Waals surface area (Å²) in [4.78, 5) is 7.64. The molecule has 0 saturated heterocycles. The number of para-hydroxylation sites is 3. The molecule has 0 unspecified atom stereocenters. The molecule has 0 radical (unpaired) electrons. The highest BCUT2D eigenvalue weighted by Crippen LogP contribution is 2.24. The van der Waals surface area contributed by atoms with Gasteiger partial charge in [0.05, 0.1) is 16.6 Å². The molecule has 0 spiro atoms. The molecule has 2 aromatic carbocycles. The Bertz CT molecular complexity index is 883. The lowest BCUT2D eigenvalue weighted by molar-refractivity contribution is 0.362. The summed E-state index contributed by atoms with van der Waals surface area (Å²) in [6.07, 6.45) is 3.46. The van der Waals surface area contributed by atoms with Crippen LogP contribution in [0.5, 0.6) is 5.75 Å². The molecule has 0 atom stereocenters. The zero-order valence-corrected chi connectivity index (χ0v) is 12.5. The number of fused-ring (bicyclic) bond motifs is 1. The van der Waals surface area contributed by atoms with E-state index in [-0.39, 0.29) is 0 Å². The maximum absolute atomic E-state index is 9.50. The molecule has 0 aliphatic carbocycles. The zero-order chi connectivity index (χ0) is 16.1. The molecule has 112 valence electrons. The average Bonchev–Trinajstić information content (AvgIpc) is 3.02. The number of nitrogens with one attached hydrogen (secondary N) is 1. The summed E-state index contributed by atoms with van der Waals surface area (Å²) in [6.45, 7) is 4.06. The Kier molecular flexibility index (Phi) is 4.21. The number of benzene rings is 2. The maximum atomic E-state index is 9.50. The Balaban J connectivity index is 2.02. The predicted octanol–water partition coefficient (Wildman–Crippen LogP) is 4.19. The van der Waals surface area contributed by atoms with Crippen molar-refractivity contribution in [3.63, 3.8) is 0 Å². The Morgan fingerprint density at radius 3 is 2.78 bits per heavy atom. The molecule has 1 aromatic heterocycles. The molecule has 3 rings (SSSR count). The molecule has 4 heteroatoms. The van der Waals surface area contributed by atoms with Gasteiger partial charge in [-0.2, -0.15) is 5.26 Å². The van der Waals surface area contributed by atoms with Crippen LogP contribution in [0.15, 0.2) is 61.2 Å². The van der Waals surface area contributed by atoms with E-state index in [1.807, 2.05) is 48.5 Å². The minimum Gasteiger partial charge on any atom is -0.489 e. The van der Waals surface area contributed by atoms with Crippen LogP contribution in [0.1, 0.15) is 11.4 Å². The van der Waals surface area contributed by atoms with Crippen LogP contribution in [0.25, 0.3) is 22.7 Å². The maximum Gasteiger partial charge on any atom is 0.149 e. The Morgan fingerprint density at radius 2 is 2.00 bits per heavy atom. The minimum absolute atomic E-state index is 0.414. The van der Waals surface area contributed by atoms with Crippen LogP contribution in [-0.4, -0.2) is 16.6 Å². The molecule has 0 fully saturated rings. The van der Waals surface area contributed by atoms with Gasteiger partial charge in [-0.05, 0) is 24.3 Å². The van der Waals surface area contributed by atoms with E-state index in [0.29, 0.717) is 23.8 Å². The number of aromatic nitrogens is 2. The standard InChI is InChI=1S/C19H15N3O/c1-2-11-23-18-10-6-3-7-14(18)12-15(13-20)19-21-16-8-4-5-9-17(16)22-19/h2-10,12H,1,11H2,(H,21,22)/b15-12+. The van der Waals surface area contributed by atoms with E-state index in [1.165, 1.54) is 0 Å². The van der Waals surface area contributed by atoms with Gasteiger partial charge >= 0.3 is 0 Å². The van der Waals surface area contributed by atoms with Gasteiger partial charge in [0.25, 0.3) is 0 Å². The molecule has 0 aliphatic rings. The summed E-state index contributed by atoms with van der Waals surface area (Å²) in [5.74, 6) is 1.25. The number of hydrogen-bond donors (Lipinski definition) is 1. The normalized spacial score (nSPS) is 11.2. The molecule has 0 amide bonds. The third-order valence-corrected chi connectivity index (χ3v) is 3.34. The minimum atomic E-state index is 0.414. The third-order valence-electron chi connectivity index (χ3n) is 3.34. The molecule has 0 bridgehead atoms. The number of nitriles is 1. The number of allylic oxidation sites excluding steroid dienone is 1. The van der Waals surface area contributed by atoms with Gasteiger partial charge in [-0.3, -0.25) is 0 Å². The van der Waals surface area contributed by atoms with Crippen molar-refractivity contribution in [2.24, 2.45) is 0 Å². The largest absolute Gasteiger partial charge is 0.489 e. The van der Waals surface area contributed by atoms with E-state index in [1.54, 1.807) is 12.2 Å². The summed E-state index contributed by atoms with van der Waals surface area (Å²) in [7, 11) is 0. The van der Waals surface area contributed by atoms with Gasteiger partial charge in [-0.15, -0.1) is 0 Å². The lowest BCUT2D eigenvalue weighted by atomic mass is 10.1. The molecular formula is C19H15N3O. The van der Waals surface area contributed by atoms with Crippen LogP contribution in [0.3, 0.4) is 0 Å². The van der Waals surface area contributed by atoms with Crippen molar-refractivity contribution >= 4 is 22.7 Å². The summed E-state index contributed by atoms with van der Waals surface area (Å²) in [5.41, 5.74) is 3.02. The third kappa shape index (κ3) is 3.14. The second-order valence-corrected chi connectivity index (χ2v) is 4.91. The molecule has 1 N–H and O–H groups in total. The van der Waals surface area contributed by atoms with Gasteiger partial charge in [0, 0.05) is 5.56 Å². The molecule has 3 aromatic rings. The topological polar surface area (TPSA) is 61.7 Å². The molecular weight excluding hydrogens is 286 g/mol. The number of hydrogen-bond acceptors (Lipinski definition) is 3. The first-order chi connectivity index (χ1) is 11.3. The van der Waals surface area contributed by atoms with Crippen LogP contribution in [0.2, 0.25) is 0 Å². The highest BCUT2D eigenvalue weighted by atomic mass is 16.5. The van der Waals surface area contributed by atoms with E-state index in [0.717, 1.165) is 16.6 Å². The fraction of sp³-hybridized carbons (Fsp3) is 0.0526. The summed E-state index contributed by atoms with van der Waals surface area (Å²) < 4.78 is 5.62. The van der Waals surface area contributed by atoms with Crippen LogP contribution >= 0.6 is 0 Å². The smallest absolute Gasteiger partial charge is 0.149 e. The molecule has 23 heavy (non-hydrogen) atoms. The quantitative estimate of drug-likeness (QED) is 0.567. The van der Waals surface area contributed by atoms with Crippen molar-refractivity contribution in [1.29, 1.82) is 5.26 Å². The highest BCUT2D eigenvalue weighted by Gasteiger charge is 2.09. The lowest BCUT2D eigenvalue weighted by Gasteiger charge is -2.07. The molecule has 4 nitrogen and oxygen atoms in total. The van der Waals surface area contributed by atoms with Crippen LogP contribution < -0.4 is 4.74 Å². The van der Waals surface area contributed by atoms with E-state index in [9.17, 15) is 5.26 Å². The number of ether oxygens (including phenoxy) is 1. The van der Waals surface area contributed by atoms with Gasteiger partial charge in [0.1, 0.15) is 24.3 Å². The Hall–Kier alpha value is -3.32. The molecule has 0 saturated carbocycles. The lowest BCUT2D eigenvalue weighted by Crippen LogP contribution is -1.95. The van der Waals surface area contributed by atoms with Gasteiger partial charge in [-0.1, -0.05) is 43.0 Å². The van der Waals surface area contributed by atoms with E-state index in [2.05, 4.69) is 22.6 Å².